The summed E-state index contributed by atoms with van der Waals surface area (Å²) >= 11 is 0. The lowest BCUT2D eigenvalue weighted by Gasteiger charge is -2.12. The third-order valence-electron chi connectivity index (χ3n) is 3.30. The number of anilines is 1. The van der Waals surface area contributed by atoms with Crippen LogP contribution in [0, 0.1) is 10.1 Å². The molecule has 2 aromatic carbocycles. The largest absolute Gasteiger partial charge is 0.416 e. The number of alkyl halides is 3. The Labute approximate surface area is 150 Å². The Morgan fingerprint density at radius 1 is 1.07 bits per heavy atom. The number of nitrogens with zero attached hydrogens (tertiary/aromatic N) is 1. The highest BCUT2D eigenvalue weighted by atomic mass is 19.4. The molecule has 142 valence electrons. The molecular formula is C16H13F3N4O4. The highest BCUT2D eigenvalue weighted by molar-refractivity contribution is 5.96. The fourth-order valence-corrected chi connectivity index (χ4v) is 2.00. The molecule has 2 amide bonds. The first-order valence-corrected chi connectivity index (χ1v) is 7.42. The standard InChI is InChI=1S/C16H13F3N4O4/c17-16(18,19)11-6-7-12(13(8-11)23(26)27)21-22-14(24)9-20-15(25)10-4-2-1-3-5-10/h1-8,21H,9H2,(H,20,25)(H,22,24). The van der Waals surface area contributed by atoms with Gasteiger partial charge in [-0.2, -0.15) is 13.2 Å². The van der Waals surface area contributed by atoms with Gasteiger partial charge >= 0.3 is 6.18 Å². The lowest BCUT2D eigenvalue weighted by molar-refractivity contribution is -0.384. The van der Waals surface area contributed by atoms with E-state index in [0.29, 0.717) is 17.7 Å². The minimum Gasteiger partial charge on any atom is -0.343 e. The topological polar surface area (TPSA) is 113 Å². The number of amides is 2. The molecule has 0 aliphatic carbocycles. The zero-order chi connectivity index (χ0) is 20.0. The van der Waals surface area contributed by atoms with Crippen LogP contribution < -0.4 is 16.2 Å². The number of hydrogen-bond acceptors (Lipinski definition) is 5. The Balaban J connectivity index is 1.96. The number of nitro groups is 1. The van der Waals surface area contributed by atoms with E-state index < -0.39 is 40.7 Å². The maximum Gasteiger partial charge on any atom is 0.416 e. The van der Waals surface area contributed by atoms with Crippen molar-refractivity contribution >= 4 is 23.2 Å². The molecule has 0 aromatic heterocycles. The zero-order valence-electron chi connectivity index (χ0n) is 13.5. The zero-order valence-corrected chi connectivity index (χ0v) is 13.5. The number of halogens is 3. The van der Waals surface area contributed by atoms with Crippen molar-refractivity contribution in [2.45, 2.75) is 6.18 Å². The first kappa shape index (κ1) is 19.7. The van der Waals surface area contributed by atoms with Gasteiger partial charge < -0.3 is 5.32 Å². The summed E-state index contributed by atoms with van der Waals surface area (Å²) < 4.78 is 37.9. The maximum atomic E-state index is 12.6. The van der Waals surface area contributed by atoms with Gasteiger partial charge in [-0.05, 0) is 24.3 Å². The van der Waals surface area contributed by atoms with E-state index in [4.69, 9.17) is 0 Å². The van der Waals surface area contributed by atoms with Gasteiger partial charge in [0.1, 0.15) is 5.69 Å². The quantitative estimate of drug-likeness (QED) is 0.525. The molecule has 2 aromatic rings. The van der Waals surface area contributed by atoms with Gasteiger partial charge in [0.15, 0.2) is 0 Å². The Bertz CT molecular complexity index is 856. The van der Waals surface area contributed by atoms with Crippen LogP contribution >= 0.6 is 0 Å². The van der Waals surface area contributed by atoms with Crippen molar-refractivity contribution in [1.82, 2.24) is 10.7 Å². The van der Waals surface area contributed by atoms with Crippen LogP contribution in [-0.4, -0.2) is 23.3 Å². The van der Waals surface area contributed by atoms with Crippen molar-refractivity contribution in [2.24, 2.45) is 0 Å². The molecular weight excluding hydrogens is 369 g/mol. The van der Waals surface area contributed by atoms with Gasteiger partial charge in [-0.1, -0.05) is 18.2 Å². The van der Waals surface area contributed by atoms with Crippen LogP contribution in [0.5, 0.6) is 0 Å². The highest BCUT2D eigenvalue weighted by Gasteiger charge is 2.33. The number of carbonyl (C=O) groups excluding carboxylic acids is 2. The fourth-order valence-electron chi connectivity index (χ4n) is 2.00. The fraction of sp³-hybridized carbons (Fsp3) is 0.125. The predicted molar refractivity (Wildman–Crippen MR) is 88.6 cm³/mol. The second-order valence-electron chi connectivity index (χ2n) is 5.21. The van der Waals surface area contributed by atoms with Crippen LogP contribution in [0.4, 0.5) is 24.5 Å². The van der Waals surface area contributed by atoms with Crippen LogP contribution in [0.3, 0.4) is 0 Å². The molecule has 0 atom stereocenters. The second kappa shape index (κ2) is 8.17. The van der Waals surface area contributed by atoms with E-state index in [1.54, 1.807) is 18.2 Å². The van der Waals surface area contributed by atoms with E-state index in [9.17, 15) is 32.9 Å². The molecule has 2 rings (SSSR count). The molecule has 0 saturated carbocycles. The van der Waals surface area contributed by atoms with E-state index in [1.807, 2.05) is 0 Å². The van der Waals surface area contributed by atoms with Crippen LogP contribution in [0.1, 0.15) is 15.9 Å². The van der Waals surface area contributed by atoms with Gasteiger partial charge in [-0.25, -0.2) is 0 Å². The molecule has 0 fully saturated rings. The summed E-state index contributed by atoms with van der Waals surface area (Å²) in [6, 6.07) is 9.88. The normalized spacial score (nSPS) is 10.8. The average molecular weight is 382 g/mol. The first-order valence-electron chi connectivity index (χ1n) is 7.42. The van der Waals surface area contributed by atoms with E-state index >= 15 is 0 Å². The van der Waals surface area contributed by atoms with Crippen molar-refractivity contribution in [3.8, 4) is 0 Å². The van der Waals surface area contributed by atoms with E-state index in [-0.39, 0.29) is 5.69 Å². The first-order chi connectivity index (χ1) is 12.7. The van der Waals surface area contributed by atoms with Crippen LogP contribution in [0.2, 0.25) is 0 Å². The summed E-state index contributed by atoms with van der Waals surface area (Å²) in [4.78, 5) is 33.4. The Hall–Kier alpha value is -3.63. The predicted octanol–water partition coefficient (Wildman–Crippen LogP) is 2.49. The van der Waals surface area contributed by atoms with Crippen molar-refractivity contribution in [2.75, 3.05) is 12.0 Å². The SMILES string of the molecule is O=C(CNC(=O)c1ccccc1)NNc1ccc(C(F)(F)F)cc1[N+](=O)[O-]. The van der Waals surface area contributed by atoms with Crippen molar-refractivity contribution in [3.63, 3.8) is 0 Å². The Morgan fingerprint density at radius 3 is 2.33 bits per heavy atom. The van der Waals surface area contributed by atoms with Crippen LogP contribution in [0.15, 0.2) is 48.5 Å². The van der Waals surface area contributed by atoms with Gasteiger partial charge in [0, 0.05) is 11.6 Å². The summed E-state index contributed by atoms with van der Waals surface area (Å²) in [5.41, 5.74) is 2.18. The second-order valence-corrected chi connectivity index (χ2v) is 5.21. The molecule has 0 aliphatic heterocycles. The molecule has 11 heteroatoms. The number of hydrogen-bond donors (Lipinski definition) is 3. The third-order valence-corrected chi connectivity index (χ3v) is 3.30. The molecule has 0 aliphatic rings. The van der Waals surface area contributed by atoms with Gasteiger partial charge in [-0.15, -0.1) is 0 Å². The number of nitro benzene ring substituents is 1. The van der Waals surface area contributed by atoms with Crippen LogP contribution in [0.25, 0.3) is 0 Å². The summed E-state index contributed by atoms with van der Waals surface area (Å²) in [5, 5.41) is 13.3. The number of carbonyl (C=O) groups is 2. The lowest BCUT2D eigenvalue weighted by atomic mass is 10.1. The molecule has 8 nitrogen and oxygen atoms in total. The van der Waals surface area contributed by atoms with Gasteiger partial charge in [0.2, 0.25) is 0 Å². The summed E-state index contributed by atoms with van der Waals surface area (Å²) in [6.45, 7) is -0.449. The van der Waals surface area contributed by atoms with Gasteiger partial charge in [-0.3, -0.25) is 30.6 Å². The Kier molecular flexibility index (Phi) is 5.96. The molecule has 0 radical (unpaired) electrons. The average Bonchev–Trinajstić information content (AvgIpc) is 2.64. The minimum atomic E-state index is -4.74. The third kappa shape index (κ3) is 5.42. The maximum absolute atomic E-state index is 12.6. The summed E-state index contributed by atoms with van der Waals surface area (Å²) in [6.07, 6.45) is -4.74. The number of benzene rings is 2. The Morgan fingerprint density at radius 2 is 1.74 bits per heavy atom. The number of nitrogens with one attached hydrogen (secondary N) is 3. The molecule has 27 heavy (non-hydrogen) atoms. The smallest absolute Gasteiger partial charge is 0.343 e. The molecule has 0 spiro atoms. The van der Waals surface area contributed by atoms with E-state index in [2.05, 4.69) is 16.2 Å². The lowest BCUT2D eigenvalue weighted by Crippen LogP contribution is -2.39. The molecule has 0 bridgehead atoms. The summed E-state index contributed by atoms with van der Waals surface area (Å²) in [7, 11) is 0. The molecule has 0 saturated heterocycles. The van der Waals surface area contributed by atoms with Crippen LogP contribution in [-0.2, 0) is 11.0 Å². The molecule has 0 heterocycles. The van der Waals surface area contributed by atoms with Crippen molar-refractivity contribution in [1.29, 1.82) is 0 Å². The van der Waals surface area contributed by atoms with Crippen molar-refractivity contribution < 1.29 is 27.7 Å². The van der Waals surface area contributed by atoms with E-state index in [1.165, 1.54) is 12.1 Å². The van der Waals surface area contributed by atoms with Crippen molar-refractivity contribution in [3.05, 3.63) is 69.8 Å². The van der Waals surface area contributed by atoms with Gasteiger partial charge in [0.25, 0.3) is 17.5 Å². The minimum absolute atomic E-state index is 0.330. The van der Waals surface area contributed by atoms with E-state index in [0.717, 1.165) is 6.07 Å². The number of rotatable bonds is 6. The van der Waals surface area contributed by atoms with Gasteiger partial charge in [0.05, 0.1) is 17.0 Å². The molecule has 0 unspecified atom stereocenters. The molecule has 3 N–H and O–H groups in total. The highest BCUT2D eigenvalue weighted by Crippen LogP contribution is 2.34. The number of hydrazine groups is 1. The summed E-state index contributed by atoms with van der Waals surface area (Å²) in [5.74, 6) is -1.26. The monoisotopic (exact) mass is 382 g/mol.